The summed E-state index contributed by atoms with van der Waals surface area (Å²) in [6, 6.07) is 16.9. The van der Waals surface area contributed by atoms with E-state index in [0.717, 1.165) is 42.9 Å². The molecule has 0 N–H and O–H groups in total. The van der Waals surface area contributed by atoms with E-state index in [-0.39, 0.29) is 11.9 Å². The van der Waals surface area contributed by atoms with Gasteiger partial charge in [-0.25, -0.2) is 0 Å². The normalized spacial score (nSPS) is 16.4. The van der Waals surface area contributed by atoms with Gasteiger partial charge in [-0.3, -0.25) is 4.79 Å². The maximum absolute atomic E-state index is 11.7. The fourth-order valence-corrected chi connectivity index (χ4v) is 3.33. The summed E-state index contributed by atoms with van der Waals surface area (Å²) in [6.07, 6.45) is 2.65. The number of rotatable bonds is 6. The molecule has 3 heteroatoms. The Morgan fingerprint density at radius 3 is 2.71 bits per heavy atom. The van der Waals surface area contributed by atoms with Gasteiger partial charge < -0.3 is 9.64 Å². The topological polar surface area (TPSA) is 29.5 Å². The number of aryl methyl sites for hydroxylation is 1. The summed E-state index contributed by atoms with van der Waals surface area (Å²) in [5.74, 6) is 0.848. The molecule has 1 heterocycles. The quantitative estimate of drug-likeness (QED) is 0.576. The summed E-state index contributed by atoms with van der Waals surface area (Å²) in [6.45, 7) is 6.18. The highest BCUT2D eigenvalue weighted by molar-refractivity contribution is 5.77. The van der Waals surface area contributed by atoms with Gasteiger partial charge in [-0.1, -0.05) is 43.3 Å². The van der Waals surface area contributed by atoms with E-state index in [2.05, 4.69) is 61.2 Å². The smallest absolute Gasteiger partial charge is 0.311 e. The van der Waals surface area contributed by atoms with Crippen molar-refractivity contribution in [2.24, 2.45) is 0 Å². The molecule has 126 valence electrons. The number of esters is 1. The van der Waals surface area contributed by atoms with Crippen LogP contribution in [0.4, 0.5) is 5.69 Å². The second-order valence-electron chi connectivity index (χ2n) is 6.47. The zero-order valence-electron chi connectivity index (χ0n) is 14.5. The second kappa shape index (κ2) is 7.52. The van der Waals surface area contributed by atoms with E-state index in [4.69, 9.17) is 4.74 Å². The molecule has 0 fully saturated rings. The van der Waals surface area contributed by atoms with Gasteiger partial charge in [0, 0.05) is 24.8 Å². The van der Waals surface area contributed by atoms with Gasteiger partial charge in [0.25, 0.3) is 0 Å². The number of hydrogen-bond acceptors (Lipinski definition) is 3. The molecule has 0 aromatic heterocycles. The molecule has 0 aliphatic carbocycles. The minimum atomic E-state index is -0.126. The molecule has 0 saturated heterocycles. The summed E-state index contributed by atoms with van der Waals surface area (Å²) in [5.41, 5.74) is 3.65. The molecule has 1 atom stereocenters. The van der Waals surface area contributed by atoms with Crippen LogP contribution in [0.3, 0.4) is 0 Å². The first-order chi connectivity index (χ1) is 11.7. The van der Waals surface area contributed by atoms with Gasteiger partial charge in [-0.2, -0.15) is 0 Å². The predicted molar refractivity (Wildman–Crippen MR) is 97.8 cm³/mol. The lowest BCUT2D eigenvalue weighted by Gasteiger charge is -2.27. The number of carbonyl (C=O) groups is 1. The Hall–Kier alpha value is -2.29. The minimum absolute atomic E-state index is 0.126. The number of carbonyl (C=O) groups excluding carboxylic acids is 1. The molecule has 0 amide bonds. The van der Waals surface area contributed by atoms with Crippen LogP contribution in [-0.2, 0) is 11.2 Å². The van der Waals surface area contributed by atoms with E-state index >= 15 is 0 Å². The molecule has 24 heavy (non-hydrogen) atoms. The van der Waals surface area contributed by atoms with E-state index in [1.807, 2.05) is 6.07 Å². The molecule has 2 aromatic carbocycles. The van der Waals surface area contributed by atoms with Gasteiger partial charge in [0.2, 0.25) is 0 Å². The lowest BCUT2D eigenvalue weighted by molar-refractivity contribution is -0.135. The number of anilines is 1. The van der Waals surface area contributed by atoms with Crippen molar-refractivity contribution in [3.8, 4) is 5.75 Å². The van der Waals surface area contributed by atoms with Crippen LogP contribution in [0.1, 0.15) is 43.7 Å². The third kappa shape index (κ3) is 3.78. The van der Waals surface area contributed by atoms with Crippen LogP contribution in [0.5, 0.6) is 5.75 Å². The first-order valence-electron chi connectivity index (χ1n) is 8.81. The monoisotopic (exact) mass is 323 g/mol. The Kier molecular flexibility index (Phi) is 5.19. The Labute approximate surface area is 144 Å². The molecule has 3 nitrogen and oxygen atoms in total. The van der Waals surface area contributed by atoms with Crippen molar-refractivity contribution in [3.05, 3.63) is 59.7 Å². The Balaban J connectivity index is 1.67. The predicted octanol–water partition coefficient (Wildman–Crippen LogP) is 4.56. The van der Waals surface area contributed by atoms with Crippen molar-refractivity contribution in [2.45, 2.75) is 39.0 Å². The van der Waals surface area contributed by atoms with Crippen LogP contribution in [0.2, 0.25) is 0 Å². The van der Waals surface area contributed by atoms with Gasteiger partial charge in [-0.15, -0.1) is 0 Å². The highest BCUT2D eigenvalue weighted by Gasteiger charge is 2.24. The van der Waals surface area contributed by atoms with Gasteiger partial charge in [0.05, 0.1) is 6.42 Å². The lowest BCUT2D eigenvalue weighted by atomic mass is 9.94. The van der Waals surface area contributed by atoms with Crippen molar-refractivity contribution in [2.75, 3.05) is 18.0 Å². The molecule has 0 radical (unpaired) electrons. The first-order valence-corrected chi connectivity index (χ1v) is 8.81. The standard InChI is InChI=1S/C21H25NO2/c1-3-22(13-7-10-17-8-5-4-6-9-17)18-11-12-19-16(2)14-21(23)24-20(19)15-18/h4-6,8-9,11-12,15-16H,3,7,10,13-14H2,1-2H3. The van der Waals surface area contributed by atoms with E-state index in [1.54, 1.807) is 0 Å². The van der Waals surface area contributed by atoms with Crippen LogP contribution in [0.15, 0.2) is 48.5 Å². The number of hydrogen-bond donors (Lipinski definition) is 0. The third-order valence-electron chi connectivity index (χ3n) is 4.71. The number of benzene rings is 2. The molecule has 3 rings (SSSR count). The SMILES string of the molecule is CCN(CCCc1ccccc1)c1ccc2c(c1)OC(=O)CC2C. The van der Waals surface area contributed by atoms with Crippen molar-refractivity contribution in [1.29, 1.82) is 0 Å². The van der Waals surface area contributed by atoms with Crippen LogP contribution < -0.4 is 9.64 Å². The maximum Gasteiger partial charge on any atom is 0.311 e. The average Bonchev–Trinajstić information content (AvgIpc) is 2.59. The Morgan fingerprint density at radius 1 is 1.17 bits per heavy atom. The maximum atomic E-state index is 11.7. The number of fused-ring (bicyclic) bond motifs is 1. The highest BCUT2D eigenvalue weighted by Crippen LogP contribution is 2.36. The number of ether oxygens (including phenoxy) is 1. The summed E-state index contributed by atoms with van der Waals surface area (Å²) < 4.78 is 5.45. The third-order valence-corrected chi connectivity index (χ3v) is 4.71. The molecule has 2 aromatic rings. The van der Waals surface area contributed by atoms with E-state index in [9.17, 15) is 4.79 Å². The zero-order chi connectivity index (χ0) is 16.9. The summed E-state index contributed by atoms with van der Waals surface area (Å²) in [5, 5.41) is 0. The largest absolute Gasteiger partial charge is 0.426 e. The van der Waals surface area contributed by atoms with Crippen LogP contribution in [0, 0.1) is 0 Å². The molecule has 0 spiro atoms. The molecule has 1 aliphatic rings. The van der Waals surface area contributed by atoms with Crippen molar-refractivity contribution in [1.82, 2.24) is 0 Å². The first kappa shape index (κ1) is 16.6. The minimum Gasteiger partial charge on any atom is -0.426 e. The Morgan fingerprint density at radius 2 is 1.96 bits per heavy atom. The van der Waals surface area contributed by atoms with E-state index in [0.29, 0.717) is 6.42 Å². The second-order valence-corrected chi connectivity index (χ2v) is 6.47. The fraction of sp³-hybridized carbons (Fsp3) is 0.381. The van der Waals surface area contributed by atoms with Gasteiger partial charge >= 0.3 is 5.97 Å². The van der Waals surface area contributed by atoms with Gasteiger partial charge in [0.1, 0.15) is 5.75 Å². The fourth-order valence-electron chi connectivity index (χ4n) is 3.33. The van der Waals surface area contributed by atoms with Gasteiger partial charge in [-0.05, 0) is 42.9 Å². The van der Waals surface area contributed by atoms with Gasteiger partial charge in [0.15, 0.2) is 0 Å². The average molecular weight is 323 g/mol. The summed E-state index contributed by atoms with van der Waals surface area (Å²) >= 11 is 0. The van der Waals surface area contributed by atoms with Crippen LogP contribution in [-0.4, -0.2) is 19.1 Å². The molecule has 0 saturated carbocycles. The van der Waals surface area contributed by atoms with E-state index in [1.165, 1.54) is 5.56 Å². The summed E-state index contributed by atoms with van der Waals surface area (Å²) in [7, 11) is 0. The van der Waals surface area contributed by atoms with Crippen LogP contribution >= 0.6 is 0 Å². The Bertz CT molecular complexity index is 696. The number of nitrogens with zero attached hydrogens (tertiary/aromatic N) is 1. The lowest BCUT2D eigenvalue weighted by Crippen LogP contribution is -2.25. The summed E-state index contributed by atoms with van der Waals surface area (Å²) in [4.78, 5) is 14.0. The molecule has 0 bridgehead atoms. The highest BCUT2D eigenvalue weighted by atomic mass is 16.5. The van der Waals surface area contributed by atoms with E-state index < -0.39 is 0 Å². The molecular weight excluding hydrogens is 298 g/mol. The molecule has 1 unspecified atom stereocenters. The van der Waals surface area contributed by atoms with Crippen LogP contribution in [0.25, 0.3) is 0 Å². The van der Waals surface area contributed by atoms with Crippen molar-refractivity contribution < 1.29 is 9.53 Å². The van der Waals surface area contributed by atoms with Crippen molar-refractivity contribution >= 4 is 11.7 Å². The zero-order valence-corrected chi connectivity index (χ0v) is 14.5. The molecular formula is C21H25NO2. The van der Waals surface area contributed by atoms with Crippen molar-refractivity contribution in [3.63, 3.8) is 0 Å². The molecule has 1 aliphatic heterocycles.